The number of thioether (sulfide) groups is 1. The average Bonchev–Trinajstić information content (AvgIpc) is 3.17. The highest BCUT2D eigenvalue weighted by Crippen LogP contribution is 2.33. The Bertz CT molecular complexity index is 1050. The van der Waals surface area contributed by atoms with Crippen LogP contribution in [0.25, 0.3) is 28.2 Å². The Morgan fingerprint density at radius 3 is 2.58 bits per heavy atom. The number of carbonyl (C=O) groups is 2. The molecule has 1 fully saturated rings. The Morgan fingerprint density at radius 1 is 1.15 bits per heavy atom. The number of amides is 2. The van der Waals surface area contributed by atoms with Crippen molar-refractivity contribution in [2.45, 2.75) is 0 Å². The summed E-state index contributed by atoms with van der Waals surface area (Å²) in [6.45, 7) is 0. The molecule has 0 bridgehead atoms. The lowest BCUT2D eigenvalue weighted by molar-refractivity contribution is -0.115. The first kappa shape index (κ1) is 16.4. The molecule has 3 aromatic rings. The molecule has 0 spiro atoms. The summed E-state index contributed by atoms with van der Waals surface area (Å²) in [6, 6.07) is 9.91. The van der Waals surface area contributed by atoms with Gasteiger partial charge in [-0.05, 0) is 35.5 Å². The van der Waals surface area contributed by atoms with Gasteiger partial charge in [0, 0.05) is 49.2 Å². The van der Waals surface area contributed by atoms with Crippen molar-refractivity contribution < 1.29 is 14.0 Å². The summed E-state index contributed by atoms with van der Waals surface area (Å²) < 4.78 is 5.95. The van der Waals surface area contributed by atoms with Crippen LogP contribution in [0.3, 0.4) is 0 Å². The van der Waals surface area contributed by atoms with Crippen LogP contribution in [0, 0.1) is 0 Å². The zero-order valence-corrected chi connectivity index (χ0v) is 15.0. The van der Waals surface area contributed by atoms with Gasteiger partial charge in [-0.1, -0.05) is 12.1 Å². The van der Waals surface area contributed by atoms with E-state index in [0.717, 1.165) is 34.0 Å². The zero-order chi connectivity index (χ0) is 18.3. The molecule has 1 aromatic carbocycles. The second-order valence-electron chi connectivity index (χ2n) is 6.05. The summed E-state index contributed by atoms with van der Waals surface area (Å²) >= 11 is 0.865. The number of hydrogen-bond donors (Lipinski definition) is 1. The second kappa shape index (κ2) is 6.34. The van der Waals surface area contributed by atoms with Gasteiger partial charge in [-0.2, -0.15) is 0 Å². The number of rotatable bonds is 3. The molecule has 130 valence electrons. The van der Waals surface area contributed by atoms with Crippen LogP contribution < -0.4 is 10.2 Å². The maximum absolute atomic E-state index is 11.7. The van der Waals surface area contributed by atoms with Crippen LogP contribution in [0.4, 0.5) is 10.5 Å². The summed E-state index contributed by atoms with van der Waals surface area (Å²) in [4.78, 5) is 29.6. The predicted octanol–water partition coefficient (Wildman–Crippen LogP) is 3.88. The van der Waals surface area contributed by atoms with E-state index in [4.69, 9.17) is 4.42 Å². The van der Waals surface area contributed by atoms with Gasteiger partial charge >= 0.3 is 0 Å². The van der Waals surface area contributed by atoms with Crippen LogP contribution in [0.5, 0.6) is 0 Å². The molecule has 2 aromatic heterocycles. The second-order valence-corrected chi connectivity index (χ2v) is 7.06. The van der Waals surface area contributed by atoms with Crippen LogP contribution in [0.1, 0.15) is 5.76 Å². The van der Waals surface area contributed by atoms with Crippen molar-refractivity contribution in [3.05, 3.63) is 53.4 Å². The zero-order valence-electron chi connectivity index (χ0n) is 14.1. The van der Waals surface area contributed by atoms with E-state index in [9.17, 15) is 9.59 Å². The van der Waals surface area contributed by atoms with Crippen molar-refractivity contribution in [2.75, 3.05) is 19.0 Å². The number of imide groups is 1. The van der Waals surface area contributed by atoms with Gasteiger partial charge in [0.15, 0.2) is 0 Å². The number of aromatic nitrogens is 1. The fourth-order valence-electron chi connectivity index (χ4n) is 2.75. The van der Waals surface area contributed by atoms with Crippen LogP contribution >= 0.6 is 11.8 Å². The van der Waals surface area contributed by atoms with Gasteiger partial charge in [-0.25, -0.2) is 0 Å². The number of hydrogen-bond acceptors (Lipinski definition) is 6. The minimum atomic E-state index is -0.405. The Labute approximate surface area is 153 Å². The van der Waals surface area contributed by atoms with E-state index in [1.165, 1.54) is 0 Å². The van der Waals surface area contributed by atoms with Gasteiger partial charge in [-0.3, -0.25) is 19.9 Å². The van der Waals surface area contributed by atoms with E-state index in [0.29, 0.717) is 16.2 Å². The predicted molar refractivity (Wildman–Crippen MR) is 103 cm³/mol. The smallest absolute Gasteiger partial charge is 0.290 e. The minimum Gasteiger partial charge on any atom is -0.456 e. The maximum Gasteiger partial charge on any atom is 0.290 e. The summed E-state index contributed by atoms with van der Waals surface area (Å²) in [7, 11) is 3.98. The molecule has 1 N–H and O–H groups in total. The van der Waals surface area contributed by atoms with E-state index in [1.54, 1.807) is 18.5 Å². The largest absolute Gasteiger partial charge is 0.456 e. The first-order valence-electron chi connectivity index (χ1n) is 7.91. The standard InChI is InChI=1S/C19H15N3O3S/c1-22(2)13-5-3-11(4-6-13)15-10-20-9-12-7-14(25-17(12)15)8-16-18(23)21-19(24)26-16/h3-10H,1-2H3,(H,21,23,24)/b16-8-. The molecule has 0 atom stereocenters. The highest BCUT2D eigenvalue weighted by atomic mass is 32.2. The number of fused-ring (bicyclic) bond motifs is 1. The number of furan rings is 1. The first-order valence-corrected chi connectivity index (χ1v) is 8.73. The van der Waals surface area contributed by atoms with Gasteiger partial charge in [-0.15, -0.1) is 0 Å². The third kappa shape index (κ3) is 2.97. The SMILES string of the molecule is CN(C)c1ccc(-c2cncc3cc(/C=C4\SC(=O)NC4=O)oc23)cc1. The molecule has 4 rings (SSSR count). The number of nitrogens with zero attached hydrogens (tertiary/aromatic N) is 2. The lowest BCUT2D eigenvalue weighted by Crippen LogP contribution is -2.17. The molecule has 0 saturated carbocycles. The normalized spacial score (nSPS) is 15.7. The van der Waals surface area contributed by atoms with E-state index in [-0.39, 0.29) is 5.24 Å². The van der Waals surface area contributed by atoms with E-state index in [1.807, 2.05) is 49.3 Å². The molecule has 0 unspecified atom stereocenters. The number of nitrogens with one attached hydrogen (secondary N) is 1. The minimum absolute atomic E-state index is 0.318. The van der Waals surface area contributed by atoms with Crippen molar-refractivity contribution in [1.82, 2.24) is 10.3 Å². The molecule has 1 saturated heterocycles. The van der Waals surface area contributed by atoms with E-state index in [2.05, 4.69) is 10.3 Å². The maximum atomic E-state index is 11.7. The van der Waals surface area contributed by atoms with Gasteiger partial charge in [0.1, 0.15) is 11.3 Å². The fourth-order valence-corrected chi connectivity index (χ4v) is 3.41. The van der Waals surface area contributed by atoms with Crippen LogP contribution in [0.15, 0.2) is 52.0 Å². The van der Waals surface area contributed by atoms with Crippen molar-refractivity contribution >= 4 is 45.6 Å². The van der Waals surface area contributed by atoms with Crippen LogP contribution in [-0.4, -0.2) is 30.2 Å². The fraction of sp³-hybridized carbons (Fsp3) is 0.105. The number of pyridine rings is 1. The van der Waals surface area contributed by atoms with Gasteiger partial charge < -0.3 is 9.32 Å². The van der Waals surface area contributed by atoms with Gasteiger partial charge in [0.2, 0.25) is 0 Å². The number of anilines is 1. The van der Waals surface area contributed by atoms with Gasteiger partial charge in [0.25, 0.3) is 11.1 Å². The Kier molecular flexibility index (Phi) is 4.00. The van der Waals surface area contributed by atoms with Crippen molar-refractivity contribution in [3.63, 3.8) is 0 Å². The first-order chi connectivity index (χ1) is 12.5. The van der Waals surface area contributed by atoms with Crippen LogP contribution in [-0.2, 0) is 4.79 Å². The third-order valence-corrected chi connectivity index (χ3v) is 4.86. The Balaban J connectivity index is 1.75. The topological polar surface area (TPSA) is 75.4 Å². The third-order valence-electron chi connectivity index (χ3n) is 4.05. The summed E-state index contributed by atoms with van der Waals surface area (Å²) in [5.74, 6) is 0.101. The summed E-state index contributed by atoms with van der Waals surface area (Å²) in [5, 5.41) is 2.69. The molecule has 26 heavy (non-hydrogen) atoms. The van der Waals surface area contributed by atoms with E-state index < -0.39 is 5.91 Å². The molecule has 2 amide bonds. The summed E-state index contributed by atoms with van der Waals surface area (Å²) in [5.41, 5.74) is 3.66. The molecule has 3 heterocycles. The Morgan fingerprint density at radius 2 is 1.92 bits per heavy atom. The monoisotopic (exact) mass is 365 g/mol. The van der Waals surface area contributed by atoms with E-state index >= 15 is 0 Å². The molecule has 6 nitrogen and oxygen atoms in total. The summed E-state index contributed by atoms with van der Waals surface area (Å²) in [6.07, 6.45) is 5.04. The number of benzene rings is 1. The quantitative estimate of drug-likeness (QED) is 0.710. The Hall–Kier alpha value is -3.06. The lowest BCUT2D eigenvalue weighted by atomic mass is 10.1. The molecule has 7 heteroatoms. The molecule has 0 aliphatic carbocycles. The molecule has 1 aliphatic heterocycles. The van der Waals surface area contributed by atoms with Crippen molar-refractivity contribution in [3.8, 4) is 11.1 Å². The highest BCUT2D eigenvalue weighted by Gasteiger charge is 2.25. The molecule has 0 radical (unpaired) electrons. The highest BCUT2D eigenvalue weighted by molar-refractivity contribution is 8.18. The lowest BCUT2D eigenvalue weighted by Gasteiger charge is -2.12. The van der Waals surface area contributed by atoms with Crippen LogP contribution in [0.2, 0.25) is 0 Å². The van der Waals surface area contributed by atoms with Crippen molar-refractivity contribution in [2.24, 2.45) is 0 Å². The van der Waals surface area contributed by atoms with Crippen molar-refractivity contribution in [1.29, 1.82) is 0 Å². The van der Waals surface area contributed by atoms with Gasteiger partial charge in [0.05, 0.1) is 4.91 Å². The number of carbonyl (C=O) groups excluding carboxylic acids is 2. The average molecular weight is 365 g/mol. The molecular formula is C19H15N3O3S. The molecule has 1 aliphatic rings. The molecular weight excluding hydrogens is 350 g/mol.